The lowest BCUT2D eigenvalue weighted by Gasteiger charge is -2.10. The maximum atomic E-state index is 13.0. The second kappa shape index (κ2) is 5.47. The van der Waals surface area contributed by atoms with Crippen LogP contribution in [0.25, 0.3) is 11.3 Å². The van der Waals surface area contributed by atoms with Gasteiger partial charge in [0.1, 0.15) is 11.5 Å². The van der Waals surface area contributed by atoms with Gasteiger partial charge in [0, 0.05) is 5.56 Å². The van der Waals surface area contributed by atoms with Crippen molar-refractivity contribution in [3.05, 3.63) is 42.0 Å². The molecule has 0 aliphatic heterocycles. The minimum atomic E-state index is -1.17. The van der Waals surface area contributed by atoms with E-state index in [0.29, 0.717) is 23.8 Å². The third-order valence-electron chi connectivity index (χ3n) is 3.23. The molecule has 0 radical (unpaired) electrons. The Kier molecular flexibility index (Phi) is 3.51. The second-order valence-electron chi connectivity index (χ2n) is 4.98. The molecule has 2 aromatic rings. The van der Waals surface area contributed by atoms with E-state index < -0.39 is 5.97 Å². The number of ether oxygens (including phenoxy) is 1. The largest absolute Gasteiger partial charge is 0.476 e. The second-order valence-corrected chi connectivity index (χ2v) is 4.98. The van der Waals surface area contributed by atoms with Gasteiger partial charge in [0.25, 0.3) is 0 Å². The van der Waals surface area contributed by atoms with Crippen LogP contribution in [-0.2, 0) is 0 Å². The number of carboxylic acids is 1. The van der Waals surface area contributed by atoms with Crippen LogP contribution in [0.2, 0.25) is 0 Å². The van der Waals surface area contributed by atoms with Crippen molar-refractivity contribution >= 4 is 5.97 Å². The van der Waals surface area contributed by atoms with Crippen molar-refractivity contribution in [2.75, 3.05) is 6.61 Å². The Morgan fingerprint density at radius 1 is 1.33 bits per heavy atom. The van der Waals surface area contributed by atoms with Crippen LogP contribution in [0.3, 0.4) is 0 Å². The summed E-state index contributed by atoms with van der Waals surface area (Å²) in [4.78, 5) is 19.1. The predicted molar refractivity (Wildman–Crippen MR) is 72.6 cm³/mol. The Morgan fingerprint density at radius 3 is 2.67 bits per heavy atom. The molecule has 21 heavy (non-hydrogen) atoms. The molecule has 0 saturated heterocycles. The zero-order chi connectivity index (χ0) is 14.8. The van der Waals surface area contributed by atoms with Gasteiger partial charge in [-0.3, -0.25) is 0 Å². The Morgan fingerprint density at radius 2 is 2.05 bits per heavy atom. The van der Waals surface area contributed by atoms with Gasteiger partial charge in [0.2, 0.25) is 5.88 Å². The molecule has 1 saturated carbocycles. The highest BCUT2D eigenvalue weighted by molar-refractivity contribution is 5.86. The van der Waals surface area contributed by atoms with Crippen molar-refractivity contribution in [3.63, 3.8) is 0 Å². The van der Waals surface area contributed by atoms with E-state index >= 15 is 0 Å². The number of benzene rings is 1. The fraction of sp³-hybridized carbons (Fsp3) is 0.267. The quantitative estimate of drug-likeness (QED) is 0.915. The first-order valence-electron chi connectivity index (χ1n) is 6.62. The molecular formula is C15H13FN2O3. The molecule has 1 heterocycles. The number of carbonyl (C=O) groups is 1. The highest BCUT2D eigenvalue weighted by Crippen LogP contribution is 2.32. The minimum absolute atomic E-state index is 0.173. The fourth-order valence-electron chi connectivity index (χ4n) is 1.86. The molecule has 108 valence electrons. The molecule has 0 amide bonds. The highest BCUT2D eigenvalue weighted by Gasteiger charge is 2.23. The molecule has 6 heteroatoms. The SMILES string of the molecule is O=C(O)c1cnc(OCC2CC2)c(-c2ccc(F)cc2)n1. The summed E-state index contributed by atoms with van der Waals surface area (Å²) in [6.07, 6.45) is 3.43. The number of rotatable bonds is 5. The van der Waals surface area contributed by atoms with Gasteiger partial charge in [-0.15, -0.1) is 0 Å². The lowest BCUT2D eigenvalue weighted by molar-refractivity contribution is 0.0690. The Balaban J connectivity index is 1.97. The van der Waals surface area contributed by atoms with E-state index in [4.69, 9.17) is 9.84 Å². The Labute approximate surface area is 120 Å². The van der Waals surface area contributed by atoms with Crippen LogP contribution in [0.15, 0.2) is 30.5 Å². The summed E-state index contributed by atoms with van der Waals surface area (Å²) in [5.74, 6) is -0.730. The molecule has 0 spiro atoms. The molecule has 1 aromatic carbocycles. The topological polar surface area (TPSA) is 72.3 Å². The van der Waals surface area contributed by atoms with Gasteiger partial charge in [0.05, 0.1) is 12.8 Å². The molecule has 0 bridgehead atoms. The van der Waals surface area contributed by atoms with E-state index in [1.54, 1.807) is 0 Å². The van der Waals surface area contributed by atoms with E-state index in [-0.39, 0.29) is 17.4 Å². The third kappa shape index (κ3) is 3.16. The van der Waals surface area contributed by atoms with E-state index in [9.17, 15) is 9.18 Å². The van der Waals surface area contributed by atoms with Gasteiger partial charge < -0.3 is 9.84 Å². The zero-order valence-corrected chi connectivity index (χ0v) is 11.1. The highest BCUT2D eigenvalue weighted by atomic mass is 19.1. The summed E-state index contributed by atoms with van der Waals surface area (Å²) in [6.45, 7) is 0.537. The zero-order valence-electron chi connectivity index (χ0n) is 11.1. The van der Waals surface area contributed by atoms with Gasteiger partial charge in [-0.1, -0.05) is 0 Å². The maximum absolute atomic E-state index is 13.0. The molecule has 0 unspecified atom stereocenters. The summed E-state index contributed by atoms with van der Waals surface area (Å²) in [5, 5.41) is 9.02. The van der Waals surface area contributed by atoms with Crippen LogP contribution in [0, 0.1) is 11.7 Å². The number of carboxylic acid groups (broad SMARTS) is 1. The van der Waals surface area contributed by atoms with Crippen molar-refractivity contribution in [2.45, 2.75) is 12.8 Å². The number of hydrogen-bond acceptors (Lipinski definition) is 4. The molecule has 1 aliphatic rings. The lowest BCUT2D eigenvalue weighted by Crippen LogP contribution is -2.07. The molecule has 3 rings (SSSR count). The van der Waals surface area contributed by atoms with Crippen LogP contribution in [0.1, 0.15) is 23.3 Å². The van der Waals surface area contributed by atoms with Crippen molar-refractivity contribution in [2.24, 2.45) is 5.92 Å². The first-order valence-corrected chi connectivity index (χ1v) is 6.62. The van der Waals surface area contributed by atoms with E-state index in [2.05, 4.69) is 9.97 Å². The van der Waals surface area contributed by atoms with Crippen LogP contribution in [0.4, 0.5) is 4.39 Å². The van der Waals surface area contributed by atoms with Crippen molar-refractivity contribution in [3.8, 4) is 17.1 Å². The lowest BCUT2D eigenvalue weighted by atomic mass is 10.1. The number of hydrogen-bond donors (Lipinski definition) is 1. The average Bonchev–Trinajstić information content (AvgIpc) is 3.30. The summed E-state index contributed by atoms with van der Waals surface area (Å²) in [5.41, 5.74) is 0.710. The minimum Gasteiger partial charge on any atom is -0.476 e. The smallest absolute Gasteiger partial charge is 0.356 e. The predicted octanol–water partition coefficient (Wildman–Crippen LogP) is 2.77. The van der Waals surface area contributed by atoms with Gasteiger partial charge >= 0.3 is 5.97 Å². The summed E-state index contributed by atoms with van der Waals surface area (Å²) in [6, 6.07) is 5.62. The Bertz CT molecular complexity index is 669. The third-order valence-corrected chi connectivity index (χ3v) is 3.23. The van der Waals surface area contributed by atoms with Gasteiger partial charge in [-0.2, -0.15) is 0 Å². The molecule has 5 nitrogen and oxygen atoms in total. The first kappa shape index (κ1) is 13.5. The first-order chi connectivity index (χ1) is 10.1. The molecular weight excluding hydrogens is 275 g/mol. The van der Waals surface area contributed by atoms with E-state index in [1.807, 2.05) is 0 Å². The van der Waals surface area contributed by atoms with Gasteiger partial charge in [-0.25, -0.2) is 19.2 Å². The number of halogens is 1. The standard InChI is InChI=1S/C15H13FN2O3/c16-11-5-3-10(4-6-11)13-14(21-8-9-1-2-9)17-7-12(18-13)15(19)20/h3-7,9H,1-2,8H2,(H,19,20). The average molecular weight is 288 g/mol. The molecule has 1 aromatic heterocycles. The normalized spacial score (nSPS) is 14.0. The number of aromatic nitrogens is 2. The maximum Gasteiger partial charge on any atom is 0.356 e. The van der Waals surface area contributed by atoms with Crippen LogP contribution in [-0.4, -0.2) is 27.7 Å². The van der Waals surface area contributed by atoms with Crippen LogP contribution < -0.4 is 4.74 Å². The molecule has 1 fully saturated rings. The van der Waals surface area contributed by atoms with Gasteiger partial charge in [0.15, 0.2) is 5.69 Å². The van der Waals surface area contributed by atoms with Crippen molar-refractivity contribution < 1.29 is 19.0 Å². The summed E-state index contributed by atoms with van der Waals surface area (Å²) < 4.78 is 18.6. The molecule has 1 N–H and O–H groups in total. The van der Waals surface area contributed by atoms with Crippen LogP contribution >= 0.6 is 0 Å². The van der Waals surface area contributed by atoms with Crippen LogP contribution in [0.5, 0.6) is 5.88 Å². The van der Waals surface area contributed by atoms with Gasteiger partial charge in [-0.05, 0) is 43.0 Å². The summed E-state index contributed by atoms with van der Waals surface area (Å²) in [7, 11) is 0. The summed E-state index contributed by atoms with van der Waals surface area (Å²) >= 11 is 0. The number of aromatic carboxylic acids is 1. The van der Waals surface area contributed by atoms with Crippen molar-refractivity contribution in [1.82, 2.24) is 9.97 Å². The number of nitrogens with zero attached hydrogens (tertiary/aromatic N) is 2. The molecule has 0 atom stereocenters. The fourth-order valence-corrected chi connectivity index (χ4v) is 1.86. The van der Waals surface area contributed by atoms with Crippen molar-refractivity contribution in [1.29, 1.82) is 0 Å². The van der Waals surface area contributed by atoms with E-state index in [0.717, 1.165) is 19.0 Å². The molecule has 1 aliphatic carbocycles. The monoisotopic (exact) mass is 288 g/mol. The van der Waals surface area contributed by atoms with E-state index in [1.165, 1.54) is 24.3 Å². The Hall–Kier alpha value is -2.50.